The molecule has 1 fully saturated rings. The number of phenolic OH excluding ortho intramolecular Hbond substituents is 1. The number of ether oxygens (including phenoxy) is 1. The average molecular weight is 587 g/mol. The topological polar surface area (TPSA) is 208 Å². The highest BCUT2D eigenvalue weighted by Crippen LogP contribution is 2.57. The van der Waals surface area contributed by atoms with Gasteiger partial charge in [0.05, 0.1) is 30.2 Å². The van der Waals surface area contributed by atoms with Gasteiger partial charge in [0.25, 0.3) is 5.91 Å². The number of carbonyl (C=O) groups is 4. The number of hydrogen-bond donors (Lipinski definition) is 6. The van der Waals surface area contributed by atoms with Crippen LogP contribution < -0.4 is 5.73 Å². The molecular weight excluding hydrogens is 548 g/mol. The number of carbonyl (C=O) groups excluding carboxylic acids is 4. The molecule has 12 nitrogen and oxygen atoms in total. The molecule has 0 radical (unpaired) electrons. The number of nitrogens with zero attached hydrogens (tertiary/aromatic N) is 1. The second-order valence-corrected chi connectivity index (χ2v) is 12.3. The molecule has 12 heteroatoms. The fourth-order valence-electron chi connectivity index (χ4n) is 7.03. The highest BCUT2D eigenvalue weighted by atomic mass is 16.5. The molecule has 0 aromatic heterocycles. The van der Waals surface area contributed by atoms with Crippen molar-refractivity contribution in [2.75, 3.05) is 20.7 Å². The van der Waals surface area contributed by atoms with E-state index in [0.717, 1.165) is 0 Å². The highest BCUT2D eigenvalue weighted by Gasteiger charge is 2.68. The Labute approximate surface area is 243 Å². The van der Waals surface area contributed by atoms with Crippen LogP contribution in [-0.2, 0) is 29.3 Å². The van der Waals surface area contributed by atoms with Gasteiger partial charge in [0.1, 0.15) is 22.8 Å². The lowest BCUT2D eigenvalue weighted by Gasteiger charge is -2.53. The van der Waals surface area contributed by atoms with Gasteiger partial charge in [0, 0.05) is 24.0 Å². The van der Waals surface area contributed by atoms with Crippen molar-refractivity contribution in [1.82, 2.24) is 4.90 Å². The van der Waals surface area contributed by atoms with Crippen molar-refractivity contribution in [3.8, 4) is 5.75 Å². The van der Waals surface area contributed by atoms with Crippen molar-refractivity contribution in [3.63, 3.8) is 0 Å². The van der Waals surface area contributed by atoms with Gasteiger partial charge in [-0.25, -0.2) is 0 Å². The van der Waals surface area contributed by atoms with Gasteiger partial charge < -0.3 is 36.0 Å². The quantitative estimate of drug-likeness (QED) is 0.151. The molecule has 0 saturated heterocycles. The van der Waals surface area contributed by atoms with E-state index >= 15 is 0 Å². The first-order valence-corrected chi connectivity index (χ1v) is 13.7. The molecular formula is C30H38N2O10. The minimum Gasteiger partial charge on any atom is -0.508 e. The molecule has 1 aromatic carbocycles. The molecule has 4 rings (SSSR count). The Morgan fingerprint density at radius 3 is 2.31 bits per heavy atom. The summed E-state index contributed by atoms with van der Waals surface area (Å²) in [6.07, 6.45) is -0.663. The Bertz CT molecular complexity index is 1440. The van der Waals surface area contributed by atoms with Crippen LogP contribution in [-0.4, -0.2) is 92.3 Å². The van der Waals surface area contributed by atoms with Gasteiger partial charge in [0.2, 0.25) is 5.78 Å². The predicted octanol–water partition coefficient (Wildman–Crippen LogP) is 1.12. The van der Waals surface area contributed by atoms with Gasteiger partial charge in [-0.05, 0) is 43.8 Å². The third-order valence-electron chi connectivity index (χ3n) is 9.11. The van der Waals surface area contributed by atoms with Crippen LogP contribution >= 0.6 is 0 Å². The number of primary amides is 1. The van der Waals surface area contributed by atoms with Crippen molar-refractivity contribution in [1.29, 1.82) is 0 Å². The Hall–Kier alpha value is -3.74. The van der Waals surface area contributed by atoms with Crippen molar-refractivity contribution in [2.24, 2.45) is 17.6 Å². The number of phenols is 1. The number of fused-ring (bicyclic) bond motifs is 3. The number of ketones is 2. The Morgan fingerprint density at radius 2 is 1.76 bits per heavy atom. The van der Waals surface area contributed by atoms with Crippen LogP contribution in [0.5, 0.6) is 5.75 Å². The van der Waals surface area contributed by atoms with E-state index in [4.69, 9.17) is 10.5 Å². The van der Waals surface area contributed by atoms with Gasteiger partial charge in [-0.15, -0.1) is 0 Å². The normalized spacial score (nSPS) is 29.3. The molecule has 42 heavy (non-hydrogen) atoms. The Morgan fingerprint density at radius 1 is 1.14 bits per heavy atom. The fraction of sp³-hybridized carbons (Fsp3) is 0.533. The average Bonchev–Trinajstić information content (AvgIpc) is 2.88. The van der Waals surface area contributed by atoms with Crippen molar-refractivity contribution in [3.05, 3.63) is 45.7 Å². The van der Waals surface area contributed by atoms with Crippen LogP contribution in [0, 0.1) is 11.8 Å². The molecule has 7 N–H and O–H groups in total. The molecule has 6 unspecified atom stereocenters. The molecule has 0 spiro atoms. The molecule has 1 aromatic rings. The number of Topliss-reactive ketones (excluding diaryl/α,β-unsaturated/α-hetero) is 2. The van der Waals surface area contributed by atoms with Crippen LogP contribution in [0.4, 0.5) is 0 Å². The third-order valence-corrected chi connectivity index (χ3v) is 9.11. The second kappa shape index (κ2) is 10.5. The molecule has 0 aliphatic heterocycles. The Balaban J connectivity index is 1.90. The van der Waals surface area contributed by atoms with Gasteiger partial charge in [-0.1, -0.05) is 32.9 Å². The van der Waals surface area contributed by atoms with Gasteiger partial charge in [-0.2, -0.15) is 0 Å². The summed E-state index contributed by atoms with van der Waals surface area (Å²) in [6, 6.07) is 1.97. The number of aromatic hydroxyl groups is 1. The standard InChI is InChI=1S/C30H38N2O10/c1-12-14-8-9-15(29(3,4)10-7-11-42-13(2)33)22(34)17(14)23(35)18-16(12)24(36)20-21(32(5)6)25(37)19(28(31)40)27(39)30(20,41)26(18)38/h8-9,12,16,20-21,24,34-36,39,41H,7,10-11H2,1-6H3,(H2,31,40). The maximum Gasteiger partial charge on any atom is 0.302 e. The van der Waals surface area contributed by atoms with Crippen LogP contribution in [0.25, 0.3) is 5.76 Å². The fourth-order valence-corrected chi connectivity index (χ4v) is 7.03. The first kappa shape index (κ1) is 31.2. The van der Waals surface area contributed by atoms with E-state index in [2.05, 4.69) is 0 Å². The summed E-state index contributed by atoms with van der Waals surface area (Å²) in [6.45, 7) is 6.90. The highest BCUT2D eigenvalue weighted by molar-refractivity contribution is 6.24. The molecule has 1 amide bonds. The smallest absolute Gasteiger partial charge is 0.302 e. The van der Waals surface area contributed by atoms with Gasteiger partial charge >= 0.3 is 5.97 Å². The van der Waals surface area contributed by atoms with Crippen LogP contribution in [0.3, 0.4) is 0 Å². The summed E-state index contributed by atoms with van der Waals surface area (Å²) in [7, 11) is 2.91. The van der Waals surface area contributed by atoms with E-state index in [9.17, 15) is 44.7 Å². The van der Waals surface area contributed by atoms with E-state index in [1.807, 2.05) is 13.8 Å². The SMILES string of the molecule is CC(=O)OCCCC(C)(C)c1ccc2c(c1O)C(O)=C1C(=O)C3(O)C(O)=C(C(N)=O)C(=O)C(N(C)C)C3C(O)C1C2C. The Kier molecular flexibility index (Phi) is 7.81. The minimum atomic E-state index is -2.97. The first-order valence-electron chi connectivity index (χ1n) is 13.7. The molecule has 3 aliphatic carbocycles. The van der Waals surface area contributed by atoms with Crippen LogP contribution in [0.1, 0.15) is 63.1 Å². The number of rotatable bonds is 7. The van der Waals surface area contributed by atoms with Crippen molar-refractivity contribution < 1.29 is 49.4 Å². The maximum atomic E-state index is 14.1. The lowest BCUT2D eigenvalue weighted by Crippen LogP contribution is -2.70. The number of benzene rings is 1. The van der Waals surface area contributed by atoms with E-state index in [1.165, 1.54) is 25.9 Å². The summed E-state index contributed by atoms with van der Waals surface area (Å²) in [5.74, 6) is -9.63. The number of nitrogens with two attached hydrogens (primary N) is 1. The lowest BCUT2D eigenvalue weighted by molar-refractivity contribution is -0.169. The van der Waals surface area contributed by atoms with Crippen LogP contribution in [0.2, 0.25) is 0 Å². The summed E-state index contributed by atoms with van der Waals surface area (Å²) < 4.78 is 5.01. The van der Waals surface area contributed by atoms with E-state index < -0.39 is 87.0 Å². The molecule has 228 valence electrons. The number of esters is 1. The second-order valence-electron chi connectivity index (χ2n) is 12.3. The number of aliphatic hydroxyl groups is 4. The summed E-state index contributed by atoms with van der Waals surface area (Å²) in [4.78, 5) is 52.0. The zero-order valence-corrected chi connectivity index (χ0v) is 24.5. The molecule has 0 bridgehead atoms. The largest absolute Gasteiger partial charge is 0.508 e. The summed E-state index contributed by atoms with van der Waals surface area (Å²) in [5, 5.41) is 57.5. The maximum absolute atomic E-state index is 14.1. The number of likely N-dealkylation sites (N-methyl/N-ethyl adjacent to an activating group) is 1. The molecule has 6 atom stereocenters. The molecule has 1 saturated carbocycles. The zero-order valence-electron chi connectivity index (χ0n) is 24.5. The van der Waals surface area contributed by atoms with Crippen LogP contribution in [0.15, 0.2) is 29.0 Å². The number of aliphatic hydroxyl groups excluding tert-OH is 3. The van der Waals surface area contributed by atoms with E-state index in [1.54, 1.807) is 19.1 Å². The molecule has 3 aliphatic rings. The zero-order chi connectivity index (χ0) is 31.6. The number of hydrogen-bond acceptors (Lipinski definition) is 11. The monoisotopic (exact) mass is 586 g/mol. The van der Waals surface area contributed by atoms with Gasteiger partial charge in [-0.3, -0.25) is 24.1 Å². The first-order chi connectivity index (χ1) is 19.4. The van der Waals surface area contributed by atoms with E-state index in [-0.39, 0.29) is 17.9 Å². The van der Waals surface area contributed by atoms with Crippen molar-refractivity contribution >= 4 is 29.2 Å². The van der Waals surface area contributed by atoms with Crippen molar-refractivity contribution in [2.45, 2.75) is 69.6 Å². The van der Waals surface area contributed by atoms with Gasteiger partial charge in [0.15, 0.2) is 11.4 Å². The summed E-state index contributed by atoms with van der Waals surface area (Å²) >= 11 is 0. The summed E-state index contributed by atoms with van der Waals surface area (Å²) in [5.41, 5.74) is 1.13. The third kappa shape index (κ3) is 4.40. The number of amides is 1. The molecule has 0 heterocycles. The lowest BCUT2D eigenvalue weighted by atomic mass is 9.54. The predicted molar refractivity (Wildman–Crippen MR) is 149 cm³/mol. The minimum absolute atomic E-state index is 0.0587. The van der Waals surface area contributed by atoms with E-state index in [0.29, 0.717) is 24.0 Å².